The lowest BCUT2D eigenvalue weighted by atomic mass is 10.1. The number of hydrogen-bond donors (Lipinski definition) is 1. The Morgan fingerprint density at radius 2 is 2.25 bits per heavy atom. The van der Waals surface area contributed by atoms with Gasteiger partial charge in [-0.1, -0.05) is 0 Å². The lowest BCUT2D eigenvalue weighted by molar-refractivity contribution is -0.141. The smallest absolute Gasteiger partial charge is 0.326 e. The first kappa shape index (κ1) is 13.9. The van der Waals surface area contributed by atoms with E-state index in [0.29, 0.717) is 30.7 Å². The van der Waals surface area contributed by atoms with E-state index in [4.69, 9.17) is 15.1 Å². The van der Waals surface area contributed by atoms with Gasteiger partial charge in [-0.3, -0.25) is 4.79 Å². The van der Waals surface area contributed by atoms with E-state index in [1.807, 2.05) is 6.07 Å². The first-order chi connectivity index (χ1) is 9.58. The minimum Gasteiger partial charge on any atom is -0.495 e. The molecule has 0 saturated carbocycles. The maximum atomic E-state index is 12.3. The maximum Gasteiger partial charge on any atom is 0.326 e. The van der Waals surface area contributed by atoms with Crippen molar-refractivity contribution in [3.05, 3.63) is 29.3 Å². The van der Waals surface area contributed by atoms with Crippen molar-refractivity contribution in [1.82, 2.24) is 4.90 Å². The highest BCUT2D eigenvalue weighted by Crippen LogP contribution is 2.23. The third-order valence-electron chi connectivity index (χ3n) is 3.37. The summed E-state index contributed by atoms with van der Waals surface area (Å²) in [6, 6.07) is 5.68. The molecule has 2 rings (SSSR count). The van der Waals surface area contributed by atoms with Gasteiger partial charge in [0.1, 0.15) is 17.9 Å². The molecule has 0 unspecified atom stereocenters. The number of rotatable bonds is 3. The minimum atomic E-state index is -0.995. The Morgan fingerprint density at radius 3 is 2.85 bits per heavy atom. The van der Waals surface area contributed by atoms with E-state index in [1.54, 1.807) is 6.07 Å². The highest BCUT2D eigenvalue weighted by atomic mass is 16.5. The summed E-state index contributed by atoms with van der Waals surface area (Å²) >= 11 is 0. The highest BCUT2D eigenvalue weighted by molar-refractivity contribution is 5.97. The largest absolute Gasteiger partial charge is 0.495 e. The van der Waals surface area contributed by atoms with Gasteiger partial charge in [-0.2, -0.15) is 5.26 Å². The second-order valence-corrected chi connectivity index (χ2v) is 4.52. The molecule has 1 fully saturated rings. The summed E-state index contributed by atoms with van der Waals surface area (Å²) < 4.78 is 5.01. The van der Waals surface area contributed by atoms with Crippen LogP contribution in [0.2, 0.25) is 0 Å². The quantitative estimate of drug-likeness (QED) is 0.895. The second kappa shape index (κ2) is 5.61. The predicted octanol–water partition coefficient (Wildman–Crippen LogP) is 1.26. The fourth-order valence-corrected chi connectivity index (χ4v) is 2.36. The molecule has 6 heteroatoms. The molecule has 20 heavy (non-hydrogen) atoms. The van der Waals surface area contributed by atoms with Gasteiger partial charge in [0.25, 0.3) is 5.91 Å². The minimum absolute atomic E-state index is 0.254. The van der Waals surface area contributed by atoms with Crippen LogP contribution in [0.4, 0.5) is 0 Å². The van der Waals surface area contributed by atoms with Crippen molar-refractivity contribution in [2.24, 2.45) is 0 Å². The van der Waals surface area contributed by atoms with Crippen LogP contribution in [0.5, 0.6) is 5.75 Å². The molecule has 1 aliphatic heterocycles. The van der Waals surface area contributed by atoms with E-state index in [-0.39, 0.29) is 11.5 Å². The van der Waals surface area contributed by atoms with Crippen LogP contribution in [-0.2, 0) is 4.79 Å². The van der Waals surface area contributed by atoms with Gasteiger partial charge in [-0.25, -0.2) is 4.79 Å². The highest BCUT2D eigenvalue weighted by Gasteiger charge is 2.34. The van der Waals surface area contributed by atoms with Gasteiger partial charge in [-0.05, 0) is 31.0 Å². The zero-order chi connectivity index (χ0) is 14.7. The zero-order valence-corrected chi connectivity index (χ0v) is 11.0. The molecule has 1 saturated heterocycles. The molecule has 1 heterocycles. The molecule has 0 aromatic heterocycles. The first-order valence-electron chi connectivity index (χ1n) is 6.20. The van der Waals surface area contributed by atoms with Crippen LogP contribution in [0.15, 0.2) is 18.2 Å². The molecule has 6 nitrogen and oxygen atoms in total. The molecule has 0 bridgehead atoms. The average Bonchev–Trinajstić information content (AvgIpc) is 2.95. The summed E-state index contributed by atoms with van der Waals surface area (Å²) in [5.41, 5.74) is 0.555. The van der Waals surface area contributed by atoms with Crippen molar-refractivity contribution in [2.45, 2.75) is 18.9 Å². The number of methoxy groups -OCH3 is 1. The van der Waals surface area contributed by atoms with Crippen LogP contribution >= 0.6 is 0 Å². The monoisotopic (exact) mass is 274 g/mol. The Labute approximate surface area is 116 Å². The third-order valence-corrected chi connectivity index (χ3v) is 3.37. The summed E-state index contributed by atoms with van der Waals surface area (Å²) in [4.78, 5) is 24.8. The van der Waals surface area contributed by atoms with Crippen molar-refractivity contribution in [3.63, 3.8) is 0 Å². The van der Waals surface area contributed by atoms with Crippen LogP contribution in [0, 0.1) is 11.3 Å². The van der Waals surface area contributed by atoms with Crippen molar-refractivity contribution in [1.29, 1.82) is 5.26 Å². The van der Waals surface area contributed by atoms with E-state index >= 15 is 0 Å². The fraction of sp³-hybridized carbons (Fsp3) is 0.357. The molecule has 0 radical (unpaired) electrons. The standard InChI is InChI=1S/C14H14N2O4/c1-20-12-5-4-9(7-10(12)8-15)13(17)16-6-2-3-11(16)14(18)19/h4-5,7,11H,2-3,6H2,1H3,(H,18,19)/t11-/m0/s1. The molecule has 1 aromatic rings. The van der Waals surface area contributed by atoms with E-state index in [1.165, 1.54) is 24.1 Å². The van der Waals surface area contributed by atoms with E-state index in [9.17, 15) is 9.59 Å². The fourth-order valence-electron chi connectivity index (χ4n) is 2.36. The van der Waals surface area contributed by atoms with E-state index < -0.39 is 12.0 Å². The molecule has 1 amide bonds. The lowest BCUT2D eigenvalue weighted by Crippen LogP contribution is -2.40. The number of carboxylic acids is 1. The number of carbonyl (C=O) groups excluding carboxylic acids is 1. The number of amides is 1. The van der Waals surface area contributed by atoms with Crippen LogP contribution in [-0.4, -0.2) is 41.6 Å². The molecule has 1 aromatic carbocycles. The molecule has 104 valence electrons. The van der Waals surface area contributed by atoms with Gasteiger partial charge in [-0.15, -0.1) is 0 Å². The number of carbonyl (C=O) groups is 2. The number of likely N-dealkylation sites (tertiary alicyclic amines) is 1. The third kappa shape index (κ3) is 2.43. The van der Waals surface area contributed by atoms with Gasteiger partial charge in [0.05, 0.1) is 12.7 Å². The molecular formula is C14H14N2O4. The van der Waals surface area contributed by atoms with Gasteiger partial charge >= 0.3 is 5.97 Å². The number of aliphatic carboxylic acids is 1. The van der Waals surface area contributed by atoms with E-state index in [0.717, 1.165) is 0 Å². The predicted molar refractivity (Wildman–Crippen MR) is 69.4 cm³/mol. The van der Waals surface area contributed by atoms with Crippen molar-refractivity contribution in [3.8, 4) is 11.8 Å². The van der Waals surface area contributed by atoms with Crippen molar-refractivity contribution >= 4 is 11.9 Å². The summed E-state index contributed by atoms with van der Waals surface area (Å²) in [5, 5.41) is 18.1. The number of hydrogen-bond acceptors (Lipinski definition) is 4. The van der Waals surface area contributed by atoms with Crippen LogP contribution in [0.3, 0.4) is 0 Å². The number of nitrogens with zero attached hydrogens (tertiary/aromatic N) is 2. The molecular weight excluding hydrogens is 260 g/mol. The summed E-state index contributed by atoms with van der Waals surface area (Å²) in [7, 11) is 1.44. The van der Waals surface area contributed by atoms with E-state index in [2.05, 4.69) is 0 Å². The SMILES string of the molecule is COc1ccc(C(=O)N2CCC[C@H]2C(=O)O)cc1C#N. The van der Waals surface area contributed by atoms with Crippen LogP contribution in [0.25, 0.3) is 0 Å². The van der Waals surface area contributed by atoms with Crippen LogP contribution < -0.4 is 4.74 Å². The Kier molecular flexibility index (Phi) is 3.89. The van der Waals surface area contributed by atoms with Gasteiger partial charge in [0.15, 0.2) is 0 Å². The molecule has 1 aliphatic rings. The average molecular weight is 274 g/mol. The number of nitriles is 1. The van der Waals surface area contributed by atoms with Gasteiger partial charge < -0.3 is 14.7 Å². The van der Waals surface area contributed by atoms with Crippen molar-refractivity contribution in [2.75, 3.05) is 13.7 Å². The molecule has 0 spiro atoms. The number of carboxylic acid groups (broad SMARTS) is 1. The Morgan fingerprint density at radius 1 is 1.50 bits per heavy atom. The van der Waals surface area contributed by atoms with Crippen LogP contribution in [0.1, 0.15) is 28.8 Å². The molecule has 1 atom stereocenters. The lowest BCUT2D eigenvalue weighted by Gasteiger charge is -2.21. The first-order valence-corrected chi connectivity index (χ1v) is 6.20. The summed E-state index contributed by atoms with van der Waals surface area (Å²) in [6.45, 7) is 0.420. The topological polar surface area (TPSA) is 90.6 Å². The normalized spacial score (nSPS) is 17.6. The summed E-state index contributed by atoms with van der Waals surface area (Å²) in [5.74, 6) is -0.973. The second-order valence-electron chi connectivity index (χ2n) is 4.52. The molecule has 0 aliphatic carbocycles. The summed E-state index contributed by atoms with van der Waals surface area (Å²) in [6.07, 6.45) is 1.13. The number of ether oxygens (including phenoxy) is 1. The Hall–Kier alpha value is -2.55. The van der Waals surface area contributed by atoms with Gasteiger partial charge in [0, 0.05) is 12.1 Å². The number of benzene rings is 1. The Balaban J connectivity index is 2.30. The Bertz CT molecular complexity index is 591. The molecule has 1 N–H and O–H groups in total. The maximum absolute atomic E-state index is 12.3. The van der Waals surface area contributed by atoms with Crippen molar-refractivity contribution < 1.29 is 19.4 Å². The zero-order valence-electron chi connectivity index (χ0n) is 11.0. The van der Waals surface area contributed by atoms with Gasteiger partial charge in [0.2, 0.25) is 0 Å².